The second-order valence-electron chi connectivity index (χ2n) is 7.66. The Kier molecular flexibility index (Phi) is 6.39. The lowest BCUT2D eigenvalue weighted by atomic mass is 9.89. The number of benzene rings is 3. The fraction of sp³-hybridized carbons (Fsp3) is 0.292. The molecule has 0 aliphatic heterocycles. The molecule has 3 aromatic rings. The maximum absolute atomic E-state index is 12.9. The highest BCUT2D eigenvalue weighted by Gasteiger charge is 2.26. The highest BCUT2D eigenvalue weighted by atomic mass is 35.5. The maximum Gasteiger partial charge on any atom is 0.251 e. The zero-order chi connectivity index (χ0) is 20.2. The number of carbonyl (C=O) groups is 1. The molecule has 0 spiro atoms. The molecule has 29 heavy (non-hydrogen) atoms. The van der Waals surface area contributed by atoms with Gasteiger partial charge in [-0.2, -0.15) is 0 Å². The van der Waals surface area contributed by atoms with Gasteiger partial charge in [0.05, 0.1) is 10.0 Å². The first-order valence-corrected chi connectivity index (χ1v) is 10.8. The number of carbonyl (C=O) groups excluding carboxylic acids is 1. The molecule has 3 nitrogen and oxygen atoms in total. The lowest BCUT2D eigenvalue weighted by molar-refractivity contribution is 0.0915. The molecule has 2 atom stereocenters. The Morgan fingerprint density at radius 1 is 0.862 bits per heavy atom. The first-order chi connectivity index (χ1) is 14.1. The average Bonchev–Trinajstić information content (AvgIpc) is 2.75. The molecule has 2 N–H and O–H groups in total. The summed E-state index contributed by atoms with van der Waals surface area (Å²) in [6, 6.07) is 20.0. The third-order valence-electron chi connectivity index (χ3n) is 5.65. The number of rotatable bonds is 5. The molecule has 150 valence electrons. The van der Waals surface area contributed by atoms with Crippen LogP contribution in [0.1, 0.15) is 41.6 Å². The summed E-state index contributed by atoms with van der Waals surface area (Å²) < 4.78 is 0. The minimum Gasteiger partial charge on any atom is -0.348 e. The van der Waals surface area contributed by atoms with Gasteiger partial charge in [0.1, 0.15) is 0 Å². The molecule has 1 aliphatic carbocycles. The van der Waals surface area contributed by atoms with Crippen molar-refractivity contribution >= 4 is 39.9 Å². The topological polar surface area (TPSA) is 41.1 Å². The predicted molar refractivity (Wildman–Crippen MR) is 121 cm³/mol. The van der Waals surface area contributed by atoms with Gasteiger partial charge in [-0.25, -0.2) is 0 Å². The van der Waals surface area contributed by atoms with Gasteiger partial charge in [-0.3, -0.25) is 4.79 Å². The summed E-state index contributed by atoms with van der Waals surface area (Å²) in [6.45, 7) is 0.698. The quantitative estimate of drug-likeness (QED) is 0.526. The van der Waals surface area contributed by atoms with E-state index in [1.807, 2.05) is 54.6 Å². The van der Waals surface area contributed by atoms with Gasteiger partial charge in [-0.1, -0.05) is 72.4 Å². The second-order valence-corrected chi connectivity index (χ2v) is 8.48. The summed E-state index contributed by atoms with van der Waals surface area (Å²) in [5.74, 6) is -0.0102. The second kappa shape index (κ2) is 9.17. The number of halogens is 2. The fourth-order valence-corrected chi connectivity index (χ4v) is 4.35. The van der Waals surface area contributed by atoms with Crippen molar-refractivity contribution in [3.8, 4) is 0 Å². The number of nitrogens with one attached hydrogen (secondary N) is 2. The van der Waals surface area contributed by atoms with E-state index in [2.05, 4.69) is 16.7 Å². The predicted octanol–water partition coefficient (Wildman–Crippen LogP) is 5.98. The fourth-order valence-electron chi connectivity index (χ4n) is 4.03. The molecule has 1 amide bonds. The smallest absolute Gasteiger partial charge is 0.251 e. The van der Waals surface area contributed by atoms with Gasteiger partial charge in [-0.15, -0.1) is 0 Å². The van der Waals surface area contributed by atoms with Crippen LogP contribution in [-0.4, -0.2) is 18.0 Å². The summed E-state index contributed by atoms with van der Waals surface area (Å²) >= 11 is 12.1. The van der Waals surface area contributed by atoms with E-state index in [0.717, 1.165) is 35.6 Å². The Hall–Kier alpha value is -2.07. The Labute approximate surface area is 181 Å². The van der Waals surface area contributed by atoms with Crippen molar-refractivity contribution in [2.45, 2.75) is 44.3 Å². The summed E-state index contributed by atoms with van der Waals surface area (Å²) in [5.41, 5.74) is 1.79. The zero-order valence-corrected chi connectivity index (χ0v) is 17.6. The van der Waals surface area contributed by atoms with Crippen LogP contribution in [0.4, 0.5) is 0 Å². The zero-order valence-electron chi connectivity index (χ0n) is 16.1. The van der Waals surface area contributed by atoms with E-state index < -0.39 is 0 Å². The van der Waals surface area contributed by atoms with Gasteiger partial charge in [0.2, 0.25) is 0 Å². The number of hydrogen-bond acceptors (Lipinski definition) is 2. The van der Waals surface area contributed by atoms with Crippen molar-refractivity contribution < 1.29 is 4.79 Å². The first kappa shape index (κ1) is 20.2. The summed E-state index contributed by atoms with van der Waals surface area (Å²) in [7, 11) is 0. The van der Waals surface area contributed by atoms with Gasteiger partial charge in [-0.05, 0) is 53.4 Å². The molecule has 4 rings (SSSR count). The molecule has 0 radical (unpaired) electrons. The van der Waals surface area contributed by atoms with Crippen LogP contribution < -0.4 is 10.6 Å². The number of amides is 1. The van der Waals surface area contributed by atoms with Crippen LogP contribution in [0, 0.1) is 0 Å². The van der Waals surface area contributed by atoms with Crippen LogP contribution in [-0.2, 0) is 6.54 Å². The van der Waals surface area contributed by atoms with Crippen LogP contribution in [0.3, 0.4) is 0 Å². The molecule has 1 fully saturated rings. The lowest BCUT2D eigenvalue weighted by Crippen LogP contribution is -2.51. The molecular formula is C24H24Cl2N2O. The van der Waals surface area contributed by atoms with Gasteiger partial charge in [0.15, 0.2) is 0 Å². The standard InChI is InChI=1S/C24H24Cl2N2O/c25-20-12-9-16(13-21(20)26)15-27-22-7-3-4-8-23(22)28-24(29)19-11-10-17-5-1-2-6-18(17)14-19/h1-2,5-6,9-14,22-23,27H,3-4,7-8,15H2,(H,28,29)/t22-,23+/m0/s1. The highest BCUT2D eigenvalue weighted by molar-refractivity contribution is 6.42. The summed E-state index contributed by atoms with van der Waals surface area (Å²) in [5, 5.41) is 10.2. The Morgan fingerprint density at radius 2 is 1.62 bits per heavy atom. The van der Waals surface area contributed by atoms with E-state index in [9.17, 15) is 4.79 Å². The van der Waals surface area contributed by atoms with Gasteiger partial charge >= 0.3 is 0 Å². The van der Waals surface area contributed by atoms with Crippen LogP contribution in [0.5, 0.6) is 0 Å². The van der Waals surface area contributed by atoms with E-state index in [-0.39, 0.29) is 18.0 Å². The molecule has 1 saturated carbocycles. The van der Waals surface area contributed by atoms with E-state index >= 15 is 0 Å². The van der Waals surface area contributed by atoms with Crippen LogP contribution in [0.15, 0.2) is 60.7 Å². The molecular weight excluding hydrogens is 403 g/mol. The minimum atomic E-state index is -0.0102. The molecule has 0 bridgehead atoms. The van der Waals surface area contributed by atoms with E-state index in [4.69, 9.17) is 23.2 Å². The van der Waals surface area contributed by atoms with Gasteiger partial charge < -0.3 is 10.6 Å². The number of fused-ring (bicyclic) bond motifs is 1. The Bertz CT molecular complexity index is 1020. The minimum absolute atomic E-state index is 0.0102. The monoisotopic (exact) mass is 426 g/mol. The van der Waals surface area contributed by atoms with Crippen LogP contribution in [0.25, 0.3) is 10.8 Å². The highest BCUT2D eigenvalue weighted by Crippen LogP contribution is 2.24. The van der Waals surface area contributed by atoms with E-state index in [1.54, 1.807) is 0 Å². The van der Waals surface area contributed by atoms with E-state index in [0.29, 0.717) is 22.2 Å². The van der Waals surface area contributed by atoms with Crippen molar-refractivity contribution in [2.75, 3.05) is 0 Å². The molecule has 0 unspecified atom stereocenters. The van der Waals surface area contributed by atoms with Gasteiger partial charge in [0, 0.05) is 24.2 Å². The average molecular weight is 427 g/mol. The Balaban J connectivity index is 1.42. The van der Waals surface area contributed by atoms with Crippen molar-refractivity contribution in [3.63, 3.8) is 0 Å². The SMILES string of the molecule is O=C(N[C@@H]1CCCC[C@@H]1NCc1ccc(Cl)c(Cl)c1)c1ccc2ccccc2c1. The lowest BCUT2D eigenvalue weighted by Gasteiger charge is -2.33. The van der Waals surface area contributed by atoms with Gasteiger partial charge in [0.25, 0.3) is 5.91 Å². The molecule has 1 aliphatic rings. The maximum atomic E-state index is 12.9. The third kappa shape index (κ3) is 4.92. The van der Waals surface area contributed by atoms with Crippen molar-refractivity contribution in [1.29, 1.82) is 0 Å². The molecule has 0 aromatic heterocycles. The summed E-state index contributed by atoms with van der Waals surface area (Å²) in [4.78, 5) is 12.9. The largest absolute Gasteiger partial charge is 0.348 e. The first-order valence-electron chi connectivity index (χ1n) is 10.1. The normalized spacial score (nSPS) is 19.2. The Morgan fingerprint density at radius 3 is 2.41 bits per heavy atom. The van der Waals surface area contributed by atoms with Crippen molar-refractivity contribution in [3.05, 3.63) is 81.8 Å². The van der Waals surface area contributed by atoms with Crippen LogP contribution in [0.2, 0.25) is 10.0 Å². The van der Waals surface area contributed by atoms with Crippen LogP contribution >= 0.6 is 23.2 Å². The van der Waals surface area contributed by atoms with E-state index in [1.165, 1.54) is 6.42 Å². The summed E-state index contributed by atoms with van der Waals surface area (Å²) in [6.07, 6.45) is 4.33. The molecule has 0 heterocycles. The van der Waals surface area contributed by atoms with Crippen molar-refractivity contribution in [2.24, 2.45) is 0 Å². The number of hydrogen-bond donors (Lipinski definition) is 2. The van der Waals surface area contributed by atoms with Crippen molar-refractivity contribution in [1.82, 2.24) is 10.6 Å². The third-order valence-corrected chi connectivity index (χ3v) is 6.39. The molecule has 0 saturated heterocycles. The molecule has 3 aromatic carbocycles. The molecule has 5 heteroatoms.